The lowest BCUT2D eigenvalue weighted by Gasteiger charge is -2.18. The zero-order valence-electron chi connectivity index (χ0n) is 18.4. The van der Waals surface area contributed by atoms with Crippen LogP contribution in [-0.4, -0.2) is 11.8 Å². The van der Waals surface area contributed by atoms with Gasteiger partial charge in [-0.15, -0.1) is 0 Å². The first kappa shape index (κ1) is 20.2. The molecule has 34 heavy (non-hydrogen) atoms. The molecule has 2 atom stereocenters. The SMILES string of the molecule is O=C1NC(c2ccc(-c3ccccc3)cc2)C2=C1C(c1ccc(-c3ccccc3)cc1)NC2=O. The van der Waals surface area contributed by atoms with Crippen LogP contribution in [0.5, 0.6) is 0 Å². The van der Waals surface area contributed by atoms with Crippen molar-refractivity contribution >= 4 is 11.8 Å². The summed E-state index contributed by atoms with van der Waals surface area (Å²) in [7, 11) is 0. The summed E-state index contributed by atoms with van der Waals surface area (Å²) in [5.74, 6) is -0.384. The molecule has 0 saturated heterocycles. The van der Waals surface area contributed by atoms with Gasteiger partial charge in [-0.25, -0.2) is 0 Å². The first-order valence-electron chi connectivity index (χ1n) is 11.4. The predicted octanol–water partition coefficient (Wildman–Crippen LogP) is 5.36. The van der Waals surface area contributed by atoms with Crippen molar-refractivity contribution < 1.29 is 9.59 Å². The topological polar surface area (TPSA) is 58.2 Å². The van der Waals surface area contributed by atoms with Gasteiger partial charge in [0.2, 0.25) is 0 Å². The quantitative estimate of drug-likeness (QED) is 0.447. The Balaban J connectivity index is 1.30. The van der Waals surface area contributed by atoms with Crippen LogP contribution in [0.15, 0.2) is 120 Å². The average molecular weight is 443 g/mol. The lowest BCUT2D eigenvalue weighted by Crippen LogP contribution is -2.33. The summed E-state index contributed by atoms with van der Waals surface area (Å²) in [6, 6.07) is 35.4. The molecule has 0 saturated carbocycles. The largest absolute Gasteiger partial charge is 0.341 e. The Hall–Kier alpha value is -4.44. The highest BCUT2D eigenvalue weighted by atomic mass is 16.2. The summed E-state index contributed by atoms with van der Waals surface area (Å²) in [5, 5.41) is 6.05. The highest BCUT2D eigenvalue weighted by molar-refractivity contribution is 6.14. The molecule has 2 N–H and O–H groups in total. The molecule has 2 aliphatic rings. The molecule has 2 amide bonds. The maximum atomic E-state index is 13.0. The van der Waals surface area contributed by atoms with Crippen LogP contribution in [0, 0.1) is 0 Å². The van der Waals surface area contributed by atoms with Crippen LogP contribution < -0.4 is 10.6 Å². The van der Waals surface area contributed by atoms with Gasteiger partial charge in [0.25, 0.3) is 11.8 Å². The molecule has 0 radical (unpaired) electrons. The third-order valence-electron chi connectivity index (χ3n) is 6.61. The van der Waals surface area contributed by atoms with E-state index in [2.05, 4.69) is 34.9 Å². The van der Waals surface area contributed by atoms with Crippen molar-refractivity contribution in [3.63, 3.8) is 0 Å². The lowest BCUT2D eigenvalue weighted by molar-refractivity contribution is -0.118. The zero-order valence-corrected chi connectivity index (χ0v) is 18.4. The molecule has 2 aliphatic heterocycles. The fourth-order valence-corrected chi connectivity index (χ4v) is 4.88. The number of hydrogen-bond acceptors (Lipinski definition) is 2. The summed E-state index contributed by atoms with van der Waals surface area (Å²) in [5.41, 5.74) is 7.28. The Morgan fingerprint density at radius 1 is 0.412 bits per heavy atom. The molecule has 0 aromatic heterocycles. The van der Waals surface area contributed by atoms with Gasteiger partial charge in [0.05, 0.1) is 23.2 Å². The number of nitrogens with one attached hydrogen (secondary N) is 2. The normalized spacial score (nSPS) is 19.1. The number of hydrogen-bond donors (Lipinski definition) is 2. The number of benzene rings is 4. The van der Waals surface area contributed by atoms with Crippen molar-refractivity contribution in [2.24, 2.45) is 0 Å². The van der Waals surface area contributed by atoms with E-state index in [4.69, 9.17) is 0 Å². The van der Waals surface area contributed by atoms with E-state index in [1.165, 1.54) is 0 Å². The van der Waals surface area contributed by atoms with Gasteiger partial charge < -0.3 is 10.6 Å². The second-order valence-electron chi connectivity index (χ2n) is 8.62. The van der Waals surface area contributed by atoms with Gasteiger partial charge in [0, 0.05) is 0 Å². The second-order valence-corrected chi connectivity index (χ2v) is 8.62. The van der Waals surface area contributed by atoms with Crippen LogP contribution in [0.3, 0.4) is 0 Å². The van der Waals surface area contributed by atoms with E-state index in [0.717, 1.165) is 33.4 Å². The molecule has 2 unspecified atom stereocenters. The second kappa shape index (κ2) is 8.16. The molecule has 6 rings (SSSR count). The van der Waals surface area contributed by atoms with E-state index in [9.17, 15) is 9.59 Å². The van der Waals surface area contributed by atoms with Crippen molar-refractivity contribution in [1.82, 2.24) is 10.6 Å². The minimum atomic E-state index is -0.444. The number of amides is 2. The van der Waals surface area contributed by atoms with Gasteiger partial charge in [0.1, 0.15) is 0 Å². The van der Waals surface area contributed by atoms with E-state index in [0.29, 0.717) is 11.1 Å². The molecule has 164 valence electrons. The molecular weight excluding hydrogens is 420 g/mol. The molecule has 0 aliphatic carbocycles. The summed E-state index contributed by atoms with van der Waals surface area (Å²) in [6.07, 6.45) is 0. The van der Waals surface area contributed by atoms with Gasteiger partial charge >= 0.3 is 0 Å². The van der Waals surface area contributed by atoms with E-state index in [1.54, 1.807) is 0 Å². The number of rotatable bonds is 4. The standard InChI is InChI=1S/C30H22N2O2/c33-29-25-26(28(32-29)24-17-13-22(14-18-24)20-9-5-2-6-10-20)30(34)31-27(25)23-15-11-21(12-16-23)19-7-3-1-4-8-19/h1-18,27-28H,(H,31,34)(H,32,33). The van der Waals surface area contributed by atoms with E-state index < -0.39 is 12.1 Å². The Kier molecular flexibility index (Phi) is 4.84. The van der Waals surface area contributed by atoms with Gasteiger partial charge in [0.15, 0.2) is 0 Å². The summed E-state index contributed by atoms with van der Waals surface area (Å²) < 4.78 is 0. The predicted molar refractivity (Wildman–Crippen MR) is 133 cm³/mol. The monoisotopic (exact) mass is 442 g/mol. The van der Waals surface area contributed by atoms with Crippen LogP contribution in [0.2, 0.25) is 0 Å². The average Bonchev–Trinajstić information content (AvgIpc) is 3.43. The third kappa shape index (κ3) is 3.41. The Morgan fingerprint density at radius 3 is 1.09 bits per heavy atom. The highest BCUT2D eigenvalue weighted by Gasteiger charge is 2.45. The van der Waals surface area contributed by atoms with Crippen LogP contribution >= 0.6 is 0 Å². The molecular formula is C30H22N2O2. The van der Waals surface area contributed by atoms with Crippen molar-refractivity contribution in [2.75, 3.05) is 0 Å². The third-order valence-corrected chi connectivity index (χ3v) is 6.61. The fraction of sp³-hybridized carbons (Fsp3) is 0.0667. The minimum Gasteiger partial charge on any atom is -0.341 e. The summed E-state index contributed by atoms with van der Waals surface area (Å²) in [6.45, 7) is 0. The highest BCUT2D eigenvalue weighted by Crippen LogP contribution is 2.41. The fourth-order valence-electron chi connectivity index (χ4n) is 4.88. The Morgan fingerprint density at radius 2 is 0.735 bits per heavy atom. The lowest BCUT2D eigenvalue weighted by atomic mass is 9.93. The minimum absolute atomic E-state index is 0.192. The van der Waals surface area contributed by atoms with Crippen molar-refractivity contribution in [2.45, 2.75) is 12.1 Å². The Bertz CT molecular complexity index is 1300. The van der Waals surface area contributed by atoms with E-state index >= 15 is 0 Å². The van der Waals surface area contributed by atoms with Gasteiger partial charge in [-0.2, -0.15) is 0 Å². The maximum absolute atomic E-state index is 13.0. The molecule has 0 spiro atoms. The summed E-state index contributed by atoms with van der Waals surface area (Å²) >= 11 is 0. The van der Waals surface area contributed by atoms with Gasteiger partial charge in [-0.05, 0) is 33.4 Å². The Labute approximate surface area is 198 Å². The number of carbonyl (C=O) groups excluding carboxylic acids is 2. The van der Waals surface area contributed by atoms with Crippen LogP contribution in [0.4, 0.5) is 0 Å². The maximum Gasteiger partial charge on any atom is 0.250 e. The van der Waals surface area contributed by atoms with Gasteiger partial charge in [-0.1, -0.05) is 109 Å². The molecule has 0 fully saturated rings. The zero-order chi connectivity index (χ0) is 23.1. The van der Waals surface area contributed by atoms with Crippen LogP contribution in [0.1, 0.15) is 23.2 Å². The van der Waals surface area contributed by atoms with Crippen LogP contribution in [0.25, 0.3) is 22.3 Å². The first-order chi connectivity index (χ1) is 16.7. The smallest absolute Gasteiger partial charge is 0.250 e. The number of carbonyl (C=O) groups is 2. The van der Waals surface area contributed by atoms with Crippen molar-refractivity contribution in [3.05, 3.63) is 131 Å². The van der Waals surface area contributed by atoms with E-state index in [-0.39, 0.29) is 11.8 Å². The molecule has 4 nitrogen and oxygen atoms in total. The van der Waals surface area contributed by atoms with Crippen LogP contribution in [-0.2, 0) is 9.59 Å². The molecule has 4 heteroatoms. The summed E-state index contributed by atoms with van der Waals surface area (Å²) in [4.78, 5) is 26.0. The molecule has 2 heterocycles. The van der Waals surface area contributed by atoms with Gasteiger partial charge in [-0.3, -0.25) is 9.59 Å². The molecule has 4 aromatic rings. The molecule has 0 bridgehead atoms. The molecule has 4 aromatic carbocycles. The first-order valence-corrected chi connectivity index (χ1v) is 11.4. The van der Waals surface area contributed by atoms with Crippen molar-refractivity contribution in [1.29, 1.82) is 0 Å². The van der Waals surface area contributed by atoms with E-state index in [1.807, 2.05) is 84.9 Å². The van der Waals surface area contributed by atoms with Crippen molar-refractivity contribution in [3.8, 4) is 22.3 Å².